The van der Waals surface area contributed by atoms with Gasteiger partial charge in [-0.05, 0) is 6.07 Å². The third kappa shape index (κ3) is 1.71. The summed E-state index contributed by atoms with van der Waals surface area (Å²) >= 11 is 0. The zero-order valence-electron chi connectivity index (χ0n) is 6.74. The second-order valence-electron chi connectivity index (χ2n) is 2.21. The summed E-state index contributed by atoms with van der Waals surface area (Å²) in [6, 6.07) is 5.21. The number of pyridine rings is 1. The van der Waals surface area contributed by atoms with Gasteiger partial charge in [-0.15, -0.1) is 0 Å². The van der Waals surface area contributed by atoms with E-state index >= 15 is 0 Å². The van der Waals surface area contributed by atoms with E-state index in [0.717, 1.165) is 0 Å². The van der Waals surface area contributed by atoms with Gasteiger partial charge in [0.05, 0.1) is 24.4 Å². The van der Waals surface area contributed by atoms with E-state index in [1.807, 2.05) is 6.07 Å². The van der Waals surface area contributed by atoms with E-state index in [-0.39, 0.29) is 0 Å². The molecule has 62 valence electrons. The quantitative estimate of drug-likeness (QED) is 0.685. The predicted molar refractivity (Wildman–Crippen MR) is 43.4 cm³/mol. The van der Waals surface area contributed by atoms with Gasteiger partial charge in [0.1, 0.15) is 0 Å². The number of nitriles is 1. The van der Waals surface area contributed by atoms with Gasteiger partial charge in [0.25, 0.3) is 0 Å². The van der Waals surface area contributed by atoms with Gasteiger partial charge in [-0.25, -0.2) is 4.98 Å². The third-order valence-electron chi connectivity index (χ3n) is 1.40. The molecule has 4 heteroatoms. The van der Waals surface area contributed by atoms with Crippen molar-refractivity contribution in [3.8, 4) is 11.9 Å². The van der Waals surface area contributed by atoms with Crippen LogP contribution in [0.4, 0.5) is 0 Å². The molecule has 1 aromatic heterocycles. The molecular formula is C8H9N3O. The van der Waals surface area contributed by atoms with E-state index in [0.29, 0.717) is 23.7 Å². The van der Waals surface area contributed by atoms with E-state index in [1.165, 1.54) is 7.11 Å². The second kappa shape index (κ2) is 3.69. The molecule has 0 amide bonds. The summed E-state index contributed by atoms with van der Waals surface area (Å²) in [6.45, 7) is 0.311. The minimum atomic E-state index is 0.311. The van der Waals surface area contributed by atoms with Crippen molar-refractivity contribution in [1.82, 2.24) is 4.98 Å². The molecule has 0 fully saturated rings. The number of hydrogen-bond acceptors (Lipinski definition) is 4. The number of rotatable bonds is 2. The van der Waals surface area contributed by atoms with E-state index in [1.54, 1.807) is 12.1 Å². The van der Waals surface area contributed by atoms with E-state index < -0.39 is 0 Å². The van der Waals surface area contributed by atoms with Gasteiger partial charge in [-0.1, -0.05) is 0 Å². The lowest BCUT2D eigenvalue weighted by molar-refractivity contribution is 0.396. The summed E-state index contributed by atoms with van der Waals surface area (Å²) < 4.78 is 4.88. The standard InChI is InChI=1S/C8H9N3O/c1-12-8-3-6(4-9)2-7(5-10)11-8/h2-3H,5,10H2,1H3. The van der Waals surface area contributed by atoms with Crippen LogP contribution in [0, 0.1) is 11.3 Å². The van der Waals surface area contributed by atoms with Gasteiger partial charge in [0.15, 0.2) is 0 Å². The molecule has 0 aliphatic carbocycles. The zero-order chi connectivity index (χ0) is 8.97. The highest BCUT2D eigenvalue weighted by Crippen LogP contribution is 2.10. The molecule has 4 nitrogen and oxygen atoms in total. The first-order chi connectivity index (χ1) is 5.80. The zero-order valence-corrected chi connectivity index (χ0v) is 6.74. The maximum atomic E-state index is 8.60. The minimum absolute atomic E-state index is 0.311. The van der Waals surface area contributed by atoms with Crippen molar-refractivity contribution in [3.05, 3.63) is 23.4 Å². The van der Waals surface area contributed by atoms with Crippen LogP contribution in [0.1, 0.15) is 11.3 Å². The van der Waals surface area contributed by atoms with Crippen molar-refractivity contribution in [1.29, 1.82) is 5.26 Å². The summed E-state index contributed by atoms with van der Waals surface area (Å²) in [5.74, 6) is 0.425. The molecule has 0 aromatic carbocycles. The van der Waals surface area contributed by atoms with Crippen LogP contribution in [0.15, 0.2) is 12.1 Å². The van der Waals surface area contributed by atoms with Crippen molar-refractivity contribution < 1.29 is 4.74 Å². The predicted octanol–water partition coefficient (Wildman–Crippen LogP) is 0.421. The Bertz CT molecular complexity index is 294. The van der Waals surface area contributed by atoms with Crippen LogP contribution in [0.25, 0.3) is 0 Å². The Balaban J connectivity index is 3.12. The van der Waals surface area contributed by atoms with Crippen LogP contribution in [0.2, 0.25) is 0 Å². The third-order valence-corrected chi connectivity index (χ3v) is 1.40. The van der Waals surface area contributed by atoms with Gasteiger partial charge >= 0.3 is 0 Å². The minimum Gasteiger partial charge on any atom is -0.481 e. The highest BCUT2D eigenvalue weighted by Gasteiger charge is 2.00. The summed E-state index contributed by atoms with van der Waals surface area (Å²) in [5.41, 5.74) is 6.54. The summed E-state index contributed by atoms with van der Waals surface area (Å²) in [4.78, 5) is 4.02. The van der Waals surface area contributed by atoms with E-state index in [4.69, 9.17) is 15.7 Å². The van der Waals surface area contributed by atoms with Gasteiger partial charge in [0, 0.05) is 12.6 Å². The molecule has 0 bridgehead atoms. The first-order valence-corrected chi connectivity index (χ1v) is 3.45. The Morgan fingerprint density at radius 1 is 1.67 bits per heavy atom. The van der Waals surface area contributed by atoms with Gasteiger partial charge in [0.2, 0.25) is 5.88 Å². The van der Waals surface area contributed by atoms with Crippen LogP contribution in [-0.4, -0.2) is 12.1 Å². The Hall–Kier alpha value is -1.60. The molecule has 1 heterocycles. The number of hydrogen-bond donors (Lipinski definition) is 1. The van der Waals surface area contributed by atoms with Crippen LogP contribution in [-0.2, 0) is 6.54 Å². The number of nitrogens with two attached hydrogens (primary N) is 1. The molecular weight excluding hydrogens is 154 g/mol. The average Bonchev–Trinajstić information content (AvgIpc) is 2.16. The van der Waals surface area contributed by atoms with Crippen LogP contribution < -0.4 is 10.5 Å². The largest absolute Gasteiger partial charge is 0.481 e. The molecule has 0 aliphatic rings. The van der Waals surface area contributed by atoms with Crippen molar-refractivity contribution in [2.75, 3.05) is 7.11 Å². The molecule has 0 radical (unpaired) electrons. The lowest BCUT2D eigenvalue weighted by Crippen LogP contribution is -2.01. The Kier molecular flexibility index (Phi) is 2.62. The Morgan fingerprint density at radius 3 is 2.92 bits per heavy atom. The fraction of sp³-hybridized carbons (Fsp3) is 0.250. The summed E-state index contributed by atoms with van der Waals surface area (Å²) in [6.07, 6.45) is 0. The molecule has 12 heavy (non-hydrogen) atoms. The smallest absolute Gasteiger partial charge is 0.214 e. The second-order valence-corrected chi connectivity index (χ2v) is 2.21. The molecule has 0 spiro atoms. The number of methoxy groups -OCH3 is 1. The maximum absolute atomic E-state index is 8.60. The molecule has 0 saturated heterocycles. The first kappa shape index (κ1) is 8.50. The molecule has 2 N–H and O–H groups in total. The highest BCUT2D eigenvalue weighted by molar-refractivity contribution is 5.34. The molecule has 0 unspecified atom stereocenters. The Morgan fingerprint density at radius 2 is 2.42 bits per heavy atom. The normalized spacial score (nSPS) is 9.08. The molecule has 1 rings (SSSR count). The summed E-state index contributed by atoms with van der Waals surface area (Å²) in [5, 5.41) is 8.60. The number of nitrogens with zero attached hydrogens (tertiary/aromatic N) is 2. The van der Waals surface area contributed by atoms with E-state index in [9.17, 15) is 0 Å². The molecule has 0 atom stereocenters. The number of aromatic nitrogens is 1. The van der Waals surface area contributed by atoms with Crippen LogP contribution in [0.5, 0.6) is 5.88 Å². The highest BCUT2D eigenvalue weighted by atomic mass is 16.5. The maximum Gasteiger partial charge on any atom is 0.214 e. The number of ether oxygens (including phenoxy) is 1. The van der Waals surface area contributed by atoms with Crippen LogP contribution in [0.3, 0.4) is 0 Å². The van der Waals surface area contributed by atoms with Gasteiger partial charge < -0.3 is 10.5 Å². The van der Waals surface area contributed by atoms with Gasteiger partial charge in [-0.2, -0.15) is 5.26 Å². The fourth-order valence-corrected chi connectivity index (χ4v) is 0.834. The SMILES string of the molecule is COc1cc(C#N)cc(CN)n1. The monoisotopic (exact) mass is 163 g/mol. The Labute approximate surface area is 70.6 Å². The average molecular weight is 163 g/mol. The van der Waals surface area contributed by atoms with E-state index in [2.05, 4.69) is 4.98 Å². The van der Waals surface area contributed by atoms with Crippen LogP contribution >= 0.6 is 0 Å². The molecule has 1 aromatic rings. The van der Waals surface area contributed by atoms with Gasteiger partial charge in [-0.3, -0.25) is 0 Å². The topological polar surface area (TPSA) is 71.9 Å². The first-order valence-electron chi connectivity index (χ1n) is 3.45. The summed E-state index contributed by atoms with van der Waals surface area (Å²) in [7, 11) is 1.50. The van der Waals surface area contributed by atoms with Crippen molar-refractivity contribution in [2.24, 2.45) is 5.73 Å². The molecule has 0 saturated carbocycles. The molecule has 0 aliphatic heterocycles. The van der Waals surface area contributed by atoms with Crippen molar-refractivity contribution in [2.45, 2.75) is 6.54 Å². The van der Waals surface area contributed by atoms with Crippen molar-refractivity contribution >= 4 is 0 Å². The lowest BCUT2D eigenvalue weighted by Gasteiger charge is -2.01. The lowest BCUT2D eigenvalue weighted by atomic mass is 10.2. The fourth-order valence-electron chi connectivity index (χ4n) is 0.834. The van der Waals surface area contributed by atoms with Crippen molar-refractivity contribution in [3.63, 3.8) is 0 Å².